The standard InChI is InChI=1S/C12H13N3O5/c16-9-4-6(5-13-9)14-12(20)15-8-3-1-2-7(10(8)17)11(18)19/h1-3,6,17H,4-5H2,(H,13,16)(H,18,19)(H2,14,15,20). The van der Waals surface area contributed by atoms with E-state index in [2.05, 4.69) is 16.0 Å². The molecule has 1 aromatic rings. The molecule has 1 atom stereocenters. The molecule has 1 saturated heterocycles. The summed E-state index contributed by atoms with van der Waals surface area (Å²) in [4.78, 5) is 33.5. The van der Waals surface area contributed by atoms with Crippen molar-refractivity contribution >= 4 is 23.6 Å². The first-order valence-electron chi connectivity index (χ1n) is 5.87. The minimum Gasteiger partial charge on any atom is -0.505 e. The van der Waals surface area contributed by atoms with E-state index in [-0.39, 0.29) is 29.6 Å². The summed E-state index contributed by atoms with van der Waals surface area (Å²) in [5.74, 6) is -1.96. The number of carbonyl (C=O) groups is 3. The van der Waals surface area contributed by atoms with Crippen LogP contribution in [0.3, 0.4) is 0 Å². The van der Waals surface area contributed by atoms with E-state index >= 15 is 0 Å². The molecule has 0 spiro atoms. The third-order valence-electron chi connectivity index (χ3n) is 2.83. The van der Waals surface area contributed by atoms with E-state index in [1.807, 2.05) is 0 Å². The van der Waals surface area contributed by atoms with Gasteiger partial charge in [0.05, 0.1) is 11.7 Å². The van der Waals surface area contributed by atoms with Gasteiger partial charge in [-0.1, -0.05) is 6.07 Å². The van der Waals surface area contributed by atoms with Crippen LogP contribution < -0.4 is 16.0 Å². The number of carboxylic acid groups (broad SMARTS) is 1. The van der Waals surface area contributed by atoms with E-state index in [1.54, 1.807) is 0 Å². The Kier molecular flexibility index (Phi) is 3.74. The zero-order chi connectivity index (χ0) is 14.7. The molecule has 1 heterocycles. The number of rotatable bonds is 3. The van der Waals surface area contributed by atoms with Gasteiger partial charge in [0.25, 0.3) is 0 Å². The van der Waals surface area contributed by atoms with Crippen molar-refractivity contribution < 1.29 is 24.6 Å². The maximum Gasteiger partial charge on any atom is 0.339 e. The lowest BCUT2D eigenvalue weighted by molar-refractivity contribution is -0.119. The molecule has 3 amide bonds. The van der Waals surface area contributed by atoms with E-state index in [0.717, 1.165) is 0 Å². The Morgan fingerprint density at radius 3 is 2.70 bits per heavy atom. The normalized spacial score (nSPS) is 17.4. The van der Waals surface area contributed by atoms with Crippen molar-refractivity contribution in [2.75, 3.05) is 11.9 Å². The molecule has 8 nitrogen and oxygen atoms in total. The Labute approximate surface area is 113 Å². The summed E-state index contributed by atoms with van der Waals surface area (Å²) in [5, 5.41) is 26.0. The quantitative estimate of drug-likeness (QED) is 0.501. The zero-order valence-corrected chi connectivity index (χ0v) is 10.3. The Balaban J connectivity index is 2.03. The van der Waals surface area contributed by atoms with Gasteiger partial charge in [0.1, 0.15) is 5.56 Å². The fourth-order valence-corrected chi connectivity index (χ4v) is 1.87. The number of nitrogens with one attached hydrogen (secondary N) is 3. The summed E-state index contributed by atoms with van der Waals surface area (Å²) in [7, 11) is 0. The highest BCUT2D eigenvalue weighted by atomic mass is 16.4. The number of amides is 3. The number of carboxylic acids is 1. The minimum absolute atomic E-state index is 0.0142. The van der Waals surface area contributed by atoms with Crippen LogP contribution in [0.2, 0.25) is 0 Å². The number of aromatic carboxylic acids is 1. The Morgan fingerprint density at radius 1 is 1.35 bits per heavy atom. The van der Waals surface area contributed by atoms with Crippen molar-refractivity contribution in [1.29, 1.82) is 0 Å². The SMILES string of the molecule is O=C1CC(NC(=O)Nc2cccc(C(=O)O)c2O)CN1. The maximum atomic E-state index is 11.7. The van der Waals surface area contributed by atoms with Gasteiger partial charge < -0.3 is 26.2 Å². The average molecular weight is 279 g/mol. The summed E-state index contributed by atoms with van der Waals surface area (Å²) in [6.45, 7) is 0.341. The molecule has 1 unspecified atom stereocenters. The molecule has 0 bridgehead atoms. The largest absolute Gasteiger partial charge is 0.505 e. The van der Waals surface area contributed by atoms with E-state index in [0.29, 0.717) is 6.54 Å². The third-order valence-corrected chi connectivity index (χ3v) is 2.83. The highest BCUT2D eigenvalue weighted by Crippen LogP contribution is 2.27. The maximum absolute atomic E-state index is 11.7. The lowest BCUT2D eigenvalue weighted by Crippen LogP contribution is -2.39. The van der Waals surface area contributed by atoms with Crippen LogP contribution in [0.15, 0.2) is 18.2 Å². The van der Waals surface area contributed by atoms with Gasteiger partial charge in [-0.3, -0.25) is 4.79 Å². The summed E-state index contributed by atoms with van der Waals surface area (Å²) < 4.78 is 0. The highest BCUT2D eigenvalue weighted by molar-refractivity contribution is 5.97. The van der Waals surface area contributed by atoms with Gasteiger partial charge in [0.15, 0.2) is 5.75 Å². The number of aromatic hydroxyl groups is 1. The molecule has 8 heteroatoms. The predicted molar refractivity (Wildman–Crippen MR) is 68.6 cm³/mol. The van der Waals surface area contributed by atoms with Crippen molar-refractivity contribution in [3.05, 3.63) is 23.8 Å². The number of benzene rings is 1. The van der Waals surface area contributed by atoms with E-state index in [1.165, 1.54) is 18.2 Å². The first-order valence-corrected chi connectivity index (χ1v) is 5.87. The molecule has 2 rings (SSSR count). The molecule has 0 aliphatic carbocycles. The smallest absolute Gasteiger partial charge is 0.339 e. The summed E-state index contributed by atoms with van der Waals surface area (Å²) in [6, 6.07) is 3.05. The molecule has 106 valence electrons. The molecule has 1 aliphatic rings. The van der Waals surface area contributed by atoms with Crippen LogP contribution in [0.4, 0.5) is 10.5 Å². The van der Waals surface area contributed by atoms with Gasteiger partial charge in [-0.15, -0.1) is 0 Å². The van der Waals surface area contributed by atoms with Crippen LogP contribution in [-0.4, -0.2) is 40.7 Å². The van der Waals surface area contributed by atoms with Crippen LogP contribution in [-0.2, 0) is 4.79 Å². The van der Waals surface area contributed by atoms with E-state index in [9.17, 15) is 19.5 Å². The molecule has 0 radical (unpaired) electrons. The van der Waals surface area contributed by atoms with Crippen molar-refractivity contribution in [1.82, 2.24) is 10.6 Å². The van der Waals surface area contributed by atoms with Crippen LogP contribution in [0, 0.1) is 0 Å². The molecular weight excluding hydrogens is 266 g/mol. The number of para-hydroxylation sites is 1. The minimum atomic E-state index is -1.29. The van der Waals surface area contributed by atoms with Crippen LogP contribution in [0.25, 0.3) is 0 Å². The van der Waals surface area contributed by atoms with Crippen molar-refractivity contribution in [2.24, 2.45) is 0 Å². The molecule has 0 saturated carbocycles. The second-order valence-corrected chi connectivity index (χ2v) is 4.31. The molecule has 1 aromatic carbocycles. The molecule has 1 aliphatic heterocycles. The first-order chi connectivity index (χ1) is 9.47. The van der Waals surface area contributed by atoms with Gasteiger partial charge in [-0.25, -0.2) is 9.59 Å². The van der Waals surface area contributed by atoms with Crippen molar-refractivity contribution in [2.45, 2.75) is 12.5 Å². The summed E-state index contributed by atoms with van der Waals surface area (Å²) >= 11 is 0. The molecule has 20 heavy (non-hydrogen) atoms. The predicted octanol–water partition coefficient (Wildman–Crippen LogP) is 0.100. The average Bonchev–Trinajstić information content (AvgIpc) is 2.77. The van der Waals surface area contributed by atoms with Crippen LogP contribution in [0.1, 0.15) is 16.8 Å². The fourth-order valence-electron chi connectivity index (χ4n) is 1.87. The second-order valence-electron chi connectivity index (χ2n) is 4.31. The van der Waals surface area contributed by atoms with Gasteiger partial charge in [0.2, 0.25) is 5.91 Å². The highest BCUT2D eigenvalue weighted by Gasteiger charge is 2.23. The molecule has 0 aromatic heterocycles. The molecule has 5 N–H and O–H groups in total. The summed E-state index contributed by atoms with van der Waals surface area (Å²) in [6.07, 6.45) is 0.189. The number of hydrogen-bond acceptors (Lipinski definition) is 4. The third kappa shape index (κ3) is 2.97. The van der Waals surface area contributed by atoms with Crippen LogP contribution in [0.5, 0.6) is 5.75 Å². The van der Waals surface area contributed by atoms with Gasteiger partial charge in [-0.2, -0.15) is 0 Å². The van der Waals surface area contributed by atoms with Crippen LogP contribution >= 0.6 is 0 Å². The molecular formula is C12H13N3O5. The first kappa shape index (κ1) is 13.7. The lowest BCUT2D eigenvalue weighted by Gasteiger charge is -2.13. The van der Waals surface area contributed by atoms with E-state index < -0.39 is 17.7 Å². The number of urea groups is 1. The Morgan fingerprint density at radius 2 is 2.10 bits per heavy atom. The van der Waals surface area contributed by atoms with Gasteiger partial charge in [0, 0.05) is 13.0 Å². The number of phenols is 1. The van der Waals surface area contributed by atoms with Crippen molar-refractivity contribution in [3.8, 4) is 5.75 Å². The Bertz CT molecular complexity index is 572. The number of hydrogen-bond donors (Lipinski definition) is 5. The zero-order valence-electron chi connectivity index (χ0n) is 10.3. The number of carbonyl (C=O) groups excluding carboxylic acids is 2. The molecule has 1 fully saturated rings. The number of anilines is 1. The van der Waals surface area contributed by atoms with E-state index in [4.69, 9.17) is 5.11 Å². The lowest BCUT2D eigenvalue weighted by atomic mass is 10.1. The second kappa shape index (κ2) is 5.47. The topological polar surface area (TPSA) is 128 Å². The van der Waals surface area contributed by atoms with Crippen molar-refractivity contribution in [3.63, 3.8) is 0 Å². The summed E-state index contributed by atoms with van der Waals surface area (Å²) in [5.41, 5.74) is -0.319. The monoisotopic (exact) mass is 279 g/mol. The van der Waals surface area contributed by atoms with Gasteiger partial charge >= 0.3 is 12.0 Å². The Hall–Kier alpha value is -2.77. The van der Waals surface area contributed by atoms with Gasteiger partial charge in [-0.05, 0) is 12.1 Å². The fraction of sp³-hybridized carbons (Fsp3) is 0.250.